The van der Waals surface area contributed by atoms with E-state index in [9.17, 15) is 0 Å². The molecule has 17 heavy (non-hydrogen) atoms. The van der Waals surface area contributed by atoms with Crippen LogP contribution in [-0.4, -0.2) is 6.54 Å². The summed E-state index contributed by atoms with van der Waals surface area (Å²) in [6.07, 6.45) is 3.77. The second kappa shape index (κ2) is 7.17. The molecule has 0 saturated heterocycles. The molecule has 0 aliphatic heterocycles. The lowest BCUT2D eigenvalue weighted by molar-refractivity contribution is 0.445. The summed E-state index contributed by atoms with van der Waals surface area (Å²) in [4.78, 5) is 2.99. The van der Waals surface area contributed by atoms with E-state index in [-0.39, 0.29) is 0 Å². The lowest BCUT2D eigenvalue weighted by atomic mass is 10.0. The lowest BCUT2D eigenvalue weighted by Crippen LogP contribution is -2.21. The van der Waals surface area contributed by atoms with E-state index in [0.717, 1.165) is 12.5 Å². The Hall–Kier alpha value is -0.340. The second-order valence-corrected chi connectivity index (χ2v) is 6.65. The molecule has 1 heterocycles. The predicted molar refractivity (Wildman–Crippen MR) is 78.9 cm³/mol. The van der Waals surface area contributed by atoms with E-state index in [0.29, 0.717) is 6.04 Å². The average Bonchev–Trinajstić information content (AvgIpc) is 2.59. The maximum Gasteiger partial charge on any atom is 0.0415 e. The molecular weight excluding hydrogens is 226 g/mol. The summed E-state index contributed by atoms with van der Waals surface area (Å²) in [6.45, 7) is 12.4. The third-order valence-corrected chi connectivity index (χ3v) is 4.47. The molecule has 0 spiro atoms. The zero-order valence-corrected chi connectivity index (χ0v) is 12.8. The summed E-state index contributed by atoms with van der Waals surface area (Å²) >= 11 is 1.96. The zero-order chi connectivity index (χ0) is 12.8. The van der Waals surface area contributed by atoms with Gasteiger partial charge in [-0.2, -0.15) is 0 Å². The largest absolute Gasteiger partial charge is 0.309 e. The molecule has 0 aliphatic carbocycles. The Bertz CT molecular complexity index is 308. The average molecular weight is 253 g/mol. The molecule has 2 heteroatoms. The van der Waals surface area contributed by atoms with Crippen molar-refractivity contribution in [3.8, 4) is 0 Å². The van der Waals surface area contributed by atoms with Gasteiger partial charge in [0.2, 0.25) is 0 Å². The minimum absolute atomic E-state index is 0.565. The van der Waals surface area contributed by atoms with Gasteiger partial charge in [-0.1, -0.05) is 20.8 Å². The highest BCUT2D eigenvalue weighted by molar-refractivity contribution is 7.12. The number of hydrogen-bond donors (Lipinski definition) is 1. The normalized spacial score (nSPS) is 13.3. The number of thiophene rings is 1. The van der Waals surface area contributed by atoms with Crippen molar-refractivity contribution in [1.82, 2.24) is 5.32 Å². The Morgan fingerprint density at radius 3 is 2.41 bits per heavy atom. The van der Waals surface area contributed by atoms with Crippen molar-refractivity contribution in [2.24, 2.45) is 5.92 Å². The Morgan fingerprint density at radius 2 is 1.94 bits per heavy atom. The van der Waals surface area contributed by atoms with Crippen LogP contribution in [-0.2, 0) is 0 Å². The van der Waals surface area contributed by atoms with E-state index in [4.69, 9.17) is 0 Å². The van der Waals surface area contributed by atoms with Gasteiger partial charge in [0.05, 0.1) is 0 Å². The monoisotopic (exact) mass is 253 g/mol. The predicted octanol–water partition coefficient (Wildman–Crippen LogP) is 4.84. The minimum atomic E-state index is 0.565. The number of aryl methyl sites for hydroxylation is 2. The van der Waals surface area contributed by atoms with Gasteiger partial charge in [0.1, 0.15) is 0 Å². The summed E-state index contributed by atoms with van der Waals surface area (Å²) in [5.41, 5.74) is 1.44. The quantitative estimate of drug-likeness (QED) is 0.733. The van der Waals surface area contributed by atoms with Crippen LogP contribution in [0.1, 0.15) is 61.4 Å². The first-order valence-corrected chi connectivity index (χ1v) is 7.66. The van der Waals surface area contributed by atoms with E-state index in [2.05, 4.69) is 46.0 Å². The summed E-state index contributed by atoms with van der Waals surface area (Å²) < 4.78 is 0. The zero-order valence-electron chi connectivity index (χ0n) is 12.0. The van der Waals surface area contributed by atoms with Gasteiger partial charge >= 0.3 is 0 Å². The van der Waals surface area contributed by atoms with E-state index in [1.165, 1.54) is 34.6 Å². The molecule has 1 aromatic heterocycles. The molecule has 0 bridgehead atoms. The fourth-order valence-corrected chi connectivity index (χ4v) is 3.09. The Balaban J connectivity index is 2.67. The van der Waals surface area contributed by atoms with Crippen molar-refractivity contribution in [3.05, 3.63) is 21.4 Å². The molecule has 98 valence electrons. The molecule has 1 unspecified atom stereocenters. The van der Waals surface area contributed by atoms with Crippen molar-refractivity contribution in [3.63, 3.8) is 0 Å². The molecule has 1 aromatic rings. The molecule has 0 aliphatic rings. The highest BCUT2D eigenvalue weighted by Gasteiger charge is 2.14. The molecule has 0 aromatic carbocycles. The van der Waals surface area contributed by atoms with Crippen molar-refractivity contribution in [2.45, 2.75) is 59.9 Å². The van der Waals surface area contributed by atoms with Crippen molar-refractivity contribution >= 4 is 11.3 Å². The molecule has 0 saturated carbocycles. The van der Waals surface area contributed by atoms with E-state index in [1.54, 1.807) is 0 Å². The third kappa shape index (κ3) is 4.81. The van der Waals surface area contributed by atoms with Crippen LogP contribution < -0.4 is 5.32 Å². The number of rotatable bonds is 7. The first-order valence-electron chi connectivity index (χ1n) is 6.84. The Kier molecular flexibility index (Phi) is 6.21. The van der Waals surface area contributed by atoms with Gasteiger partial charge in [0.25, 0.3) is 0 Å². The fraction of sp³-hybridized carbons (Fsp3) is 0.733. The highest BCUT2D eigenvalue weighted by atomic mass is 32.1. The summed E-state index contributed by atoms with van der Waals surface area (Å²) in [5.74, 6) is 0.795. The number of hydrogen-bond acceptors (Lipinski definition) is 2. The van der Waals surface area contributed by atoms with Crippen molar-refractivity contribution in [1.29, 1.82) is 0 Å². The van der Waals surface area contributed by atoms with E-state index in [1.807, 2.05) is 11.3 Å². The molecular formula is C15H27NS. The van der Waals surface area contributed by atoms with Crippen molar-refractivity contribution < 1.29 is 0 Å². The Morgan fingerprint density at radius 1 is 1.24 bits per heavy atom. The van der Waals surface area contributed by atoms with Crippen LogP contribution in [0, 0.1) is 19.8 Å². The first-order chi connectivity index (χ1) is 8.04. The van der Waals surface area contributed by atoms with Crippen LogP contribution in [0.25, 0.3) is 0 Å². The maximum atomic E-state index is 3.69. The molecule has 1 nitrogen and oxygen atoms in total. The van der Waals surface area contributed by atoms with Gasteiger partial charge < -0.3 is 5.32 Å². The molecule has 0 amide bonds. The van der Waals surface area contributed by atoms with Crippen LogP contribution in [0.5, 0.6) is 0 Å². The Labute approximate surface area is 111 Å². The van der Waals surface area contributed by atoms with Gasteiger partial charge in [0, 0.05) is 15.8 Å². The molecule has 1 N–H and O–H groups in total. The molecule has 1 rings (SSSR count). The first kappa shape index (κ1) is 14.7. The van der Waals surface area contributed by atoms with Gasteiger partial charge in [-0.3, -0.25) is 0 Å². The molecule has 1 atom stereocenters. The van der Waals surface area contributed by atoms with Gasteiger partial charge in [-0.05, 0) is 57.2 Å². The minimum Gasteiger partial charge on any atom is -0.309 e. The summed E-state index contributed by atoms with van der Waals surface area (Å²) in [5, 5.41) is 3.69. The SMILES string of the molecule is CCCNC(CCC(C)C)c1cc(C)c(C)s1. The second-order valence-electron chi connectivity index (χ2n) is 5.37. The van der Waals surface area contributed by atoms with Gasteiger partial charge in [-0.25, -0.2) is 0 Å². The van der Waals surface area contributed by atoms with Crippen LogP contribution in [0.4, 0.5) is 0 Å². The molecule has 0 fully saturated rings. The summed E-state index contributed by atoms with van der Waals surface area (Å²) in [6, 6.07) is 2.93. The topological polar surface area (TPSA) is 12.0 Å². The third-order valence-electron chi connectivity index (χ3n) is 3.20. The summed E-state index contributed by atoms with van der Waals surface area (Å²) in [7, 11) is 0. The van der Waals surface area contributed by atoms with Crippen LogP contribution in [0.2, 0.25) is 0 Å². The smallest absolute Gasteiger partial charge is 0.0415 e. The van der Waals surface area contributed by atoms with Crippen LogP contribution in [0.3, 0.4) is 0 Å². The van der Waals surface area contributed by atoms with Crippen LogP contribution in [0.15, 0.2) is 6.07 Å². The van der Waals surface area contributed by atoms with Crippen LogP contribution >= 0.6 is 11.3 Å². The van der Waals surface area contributed by atoms with E-state index < -0.39 is 0 Å². The van der Waals surface area contributed by atoms with Gasteiger partial charge in [-0.15, -0.1) is 11.3 Å². The fourth-order valence-electron chi connectivity index (χ4n) is 1.94. The van der Waals surface area contributed by atoms with E-state index >= 15 is 0 Å². The molecule has 0 radical (unpaired) electrons. The lowest BCUT2D eigenvalue weighted by Gasteiger charge is -2.18. The maximum absolute atomic E-state index is 3.69. The number of nitrogens with one attached hydrogen (secondary N) is 1. The standard InChI is InChI=1S/C15H27NS/c1-6-9-16-14(8-7-11(2)3)15-10-12(4)13(5)17-15/h10-11,14,16H,6-9H2,1-5H3. The highest BCUT2D eigenvalue weighted by Crippen LogP contribution is 2.30. The van der Waals surface area contributed by atoms with Crippen molar-refractivity contribution in [2.75, 3.05) is 6.54 Å². The van der Waals surface area contributed by atoms with Gasteiger partial charge in [0.15, 0.2) is 0 Å².